The third-order valence-corrected chi connectivity index (χ3v) is 4.35. The Labute approximate surface area is 154 Å². The second-order valence-electron chi connectivity index (χ2n) is 5.68. The molecular formula is C16H18Cl2F3N3O. The van der Waals surface area contributed by atoms with Gasteiger partial charge in [-0.3, -0.25) is 14.6 Å². The largest absolute Gasteiger partial charge is 0.417 e. The number of carbonyl (C=O) groups excluding carboxylic acids is 1. The predicted molar refractivity (Wildman–Crippen MR) is 93.0 cm³/mol. The van der Waals surface area contributed by atoms with Crippen LogP contribution in [0.2, 0.25) is 5.02 Å². The molecule has 0 atom stereocenters. The summed E-state index contributed by atoms with van der Waals surface area (Å²) in [6.45, 7) is 3.90. The minimum atomic E-state index is -4.56. The van der Waals surface area contributed by atoms with Crippen LogP contribution < -0.4 is 5.32 Å². The van der Waals surface area contributed by atoms with E-state index in [0.717, 1.165) is 31.8 Å². The van der Waals surface area contributed by atoms with Crippen molar-refractivity contribution in [2.75, 3.05) is 44.6 Å². The highest BCUT2D eigenvalue weighted by atomic mass is 35.5. The van der Waals surface area contributed by atoms with Crippen LogP contribution in [0.4, 0.5) is 18.9 Å². The molecule has 1 aromatic rings. The van der Waals surface area contributed by atoms with Crippen molar-refractivity contribution in [2.24, 2.45) is 0 Å². The summed E-state index contributed by atoms with van der Waals surface area (Å²) in [6, 6.07) is 3.33. The summed E-state index contributed by atoms with van der Waals surface area (Å²) in [4.78, 5) is 16.2. The Morgan fingerprint density at radius 2 is 1.84 bits per heavy atom. The number of nitrogens with one attached hydrogen (secondary N) is 1. The van der Waals surface area contributed by atoms with Crippen LogP contribution in [-0.4, -0.2) is 55.0 Å². The summed E-state index contributed by atoms with van der Waals surface area (Å²) < 4.78 is 38.5. The van der Waals surface area contributed by atoms with Gasteiger partial charge in [-0.2, -0.15) is 13.2 Å². The lowest BCUT2D eigenvalue weighted by molar-refractivity contribution is -0.137. The van der Waals surface area contributed by atoms with Crippen molar-refractivity contribution in [3.63, 3.8) is 0 Å². The molecule has 1 amide bonds. The Bertz CT molecular complexity index is 630. The van der Waals surface area contributed by atoms with Crippen molar-refractivity contribution in [2.45, 2.75) is 6.18 Å². The standard InChI is InChI=1S/C16H18Cl2F3N3O/c17-4-1-5-23-6-8-24(9-7-23)11-15(25)22-12-2-3-14(18)13(10-12)16(19,20)21/h1-4,10H,5-9,11H2,(H,22,25)/b4-1+. The number of nitrogens with zero attached hydrogens (tertiary/aromatic N) is 2. The first-order chi connectivity index (χ1) is 11.8. The Morgan fingerprint density at radius 3 is 2.44 bits per heavy atom. The number of carbonyl (C=O) groups is 1. The summed E-state index contributed by atoms with van der Waals surface area (Å²) in [7, 11) is 0. The Balaban J connectivity index is 1.87. The fraction of sp³-hybridized carbons (Fsp3) is 0.438. The van der Waals surface area contributed by atoms with E-state index in [1.54, 1.807) is 0 Å². The lowest BCUT2D eigenvalue weighted by Crippen LogP contribution is -2.48. The third-order valence-electron chi connectivity index (χ3n) is 3.84. The van der Waals surface area contributed by atoms with Gasteiger partial charge < -0.3 is 5.32 Å². The van der Waals surface area contributed by atoms with E-state index in [1.807, 2.05) is 11.0 Å². The molecule has 25 heavy (non-hydrogen) atoms. The molecule has 0 bridgehead atoms. The number of benzene rings is 1. The molecule has 1 saturated heterocycles. The Kier molecular flexibility index (Phi) is 7.13. The average Bonchev–Trinajstić information content (AvgIpc) is 2.55. The first kappa shape index (κ1) is 20.0. The molecule has 1 aromatic carbocycles. The highest BCUT2D eigenvalue weighted by Gasteiger charge is 2.33. The van der Waals surface area contributed by atoms with Gasteiger partial charge in [0.15, 0.2) is 0 Å². The molecule has 1 aliphatic heterocycles. The molecule has 1 N–H and O–H groups in total. The van der Waals surface area contributed by atoms with Crippen molar-refractivity contribution in [1.82, 2.24) is 9.80 Å². The van der Waals surface area contributed by atoms with Crippen molar-refractivity contribution in [1.29, 1.82) is 0 Å². The van der Waals surface area contributed by atoms with Gasteiger partial charge in [-0.05, 0) is 18.2 Å². The van der Waals surface area contributed by atoms with Crippen LogP contribution in [0.3, 0.4) is 0 Å². The first-order valence-corrected chi connectivity index (χ1v) is 8.47. The monoisotopic (exact) mass is 395 g/mol. The first-order valence-electron chi connectivity index (χ1n) is 7.66. The Morgan fingerprint density at radius 1 is 1.20 bits per heavy atom. The zero-order valence-corrected chi connectivity index (χ0v) is 14.8. The number of alkyl halides is 3. The topological polar surface area (TPSA) is 35.6 Å². The molecule has 0 saturated carbocycles. The fourth-order valence-electron chi connectivity index (χ4n) is 2.54. The summed E-state index contributed by atoms with van der Waals surface area (Å²) in [6.07, 6.45) is -2.71. The fourth-order valence-corrected chi connectivity index (χ4v) is 2.85. The number of hydrogen-bond acceptors (Lipinski definition) is 3. The summed E-state index contributed by atoms with van der Waals surface area (Å²) in [5.41, 5.74) is 0.585. The molecule has 1 fully saturated rings. The lowest BCUT2D eigenvalue weighted by Gasteiger charge is -2.33. The molecule has 4 nitrogen and oxygen atoms in total. The molecule has 1 aliphatic rings. The van der Waals surface area contributed by atoms with Crippen LogP contribution in [0.25, 0.3) is 0 Å². The summed E-state index contributed by atoms with van der Waals surface area (Å²) in [5.74, 6) is -0.357. The predicted octanol–water partition coefficient (Wildman–Crippen LogP) is 3.67. The average molecular weight is 396 g/mol. The molecule has 0 spiro atoms. The van der Waals surface area contributed by atoms with Crippen molar-refractivity contribution < 1.29 is 18.0 Å². The minimum Gasteiger partial charge on any atom is -0.325 e. The molecule has 0 radical (unpaired) electrons. The summed E-state index contributed by atoms with van der Waals surface area (Å²) in [5, 5.41) is 2.10. The normalized spacial score (nSPS) is 17.2. The van der Waals surface area contributed by atoms with Crippen molar-refractivity contribution in [3.8, 4) is 0 Å². The molecule has 0 unspecified atom stereocenters. The molecule has 2 rings (SSSR count). The van der Waals surface area contributed by atoms with E-state index in [4.69, 9.17) is 23.2 Å². The van der Waals surface area contributed by atoms with Crippen LogP contribution in [0.5, 0.6) is 0 Å². The molecule has 9 heteroatoms. The van der Waals surface area contributed by atoms with Crippen LogP contribution >= 0.6 is 23.2 Å². The van der Waals surface area contributed by atoms with E-state index < -0.39 is 16.8 Å². The van der Waals surface area contributed by atoms with E-state index in [2.05, 4.69) is 10.2 Å². The molecule has 1 heterocycles. The van der Waals surface area contributed by atoms with Gasteiger partial charge in [-0.25, -0.2) is 0 Å². The number of anilines is 1. The SMILES string of the molecule is O=C(CN1CCN(C/C=C/Cl)CC1)Nc1ccc(Cl)c(C(F)(F)F)c1. The van der Waals surface area contributed by atoms with E-state index in [-0.39, 0.29) is 18.1 Å². The highest BCUT2D eigenvalue weighted by Crippen LogP contribution is 2.36. The van der Waals surface area contributed by atoms with Gasteiger partial charge >= 0.3 is 6.18 Å². The number of halogens is 5. The number of rotatable bonds is 5. The lowest BCUT2D eigenvalue weighted by atomic mass is 10.2. The molecule has 0 aromatic heterocycles. The van der Waals surface area contributed by atoms with Gasteiger partial charge in [-0.15, -0.1) is 0 Å². The van der Waals surface area contributed by atoms with Gasteiger partial charge in [0.05, 0.1) is 17.1 Å². The highest BCUT2D eigenvalue weighted by molar-refractivity contribution is 6.31. The van der Waals surface area contributed by atoms with Gasteiger partial charge in [0.1, 0.15) is 0 Å². The third kappa shape index (κ3) is 6.18. The maximum Gasteiger partial charge on any atom is 0.417 e. The maximum atomic E-state index is 12.8. The quantitative estimate of drug-likeness (QED) is 0.825. The molecule has 0 aliphatic carbocycles. The number of piperazine rings is 1. The van der Waals surface area contributed by atoms with Gasteiger partial charge in [0.2, 0.25) is 5.91 Å². The second-order valence-corrected chi connectivity index (χ2v) is 6.34. The van der Waals surface area contributed by atoms with E-state index in [9.17, 15) is 18.0 Å². The zero-order valence-electron chi connectivity index (χ0n) is 13.3. The molecule has 138 valence electrons. The van der Waals surface area contributed by atoms with Crippen LogP contribution in [0, 0.1) is 0 Å². The zero-order chi connectivity index (χ0) is 18.4. The Hall–Kier alpha value is -1.28. The van der Waals surface area contributed by atoms with Crippen molar-refractivity contribution in [3.05, 3.63) is 40.4 Å². The smallest absolute Gasteiger partial charge is 0.325 e. The van der Waals surface area contributed by atoms with Crippen molar-refractivity contribution >= 4 is 34.8 Å². The van der Waals surface area contributed by atoms with Crippen LogP contribution in [0.1, 0.15) is 5.56 Å². The number of amides is 1. The van der Waals surface area contributed by atoms with E-state index >= 15 is 0 Å². The van der Waals surface area contributed by atoms with Crippen LogP contribution in [-0.2, 0) is 11.0 Å². The number of hydrogen-bond donors (Lipinski definition) is 1. The minimum absolute atomic E-state index is 0.0765. The summed E-state index contributed by atoms with van der Waals surface area (Å²) >= 11 is 11.1. The van der Waals surface area contributed by atoms with Gasteiger partial charge in [0, 0.05) is 43.9 Å². The van der Waals surface area contributed by atoms with E-state index in [0.29, 0.717) is 13.1 Å². The maximum absolute atomic E-state index is 12.8. The van der Waals surface area contributed by atoms with E-state index in [1.165, 1.54) is 11.6 Å². The molecular weight excluding hydrogens is 378 g/mol. The second kappa shape index (κ2) is 8.89. The van der Waals surface area contributed by atoms with Gasteiger partial charge in [-0.1, -0.05) is 29.3 Å². The van der Waals surface area contributed by atoms with Gasteiger partial charge in [0.25, 0.3) is 0 Å². The van der Waals surface area contributed by atoms with Crippen LogP contribution in [0.15, 0.2) is 29.8 Å².